The fourth-order valence-corrected chi connectivity index (χ4v) is 2.61. The first-order valence-electron chi connectivity index (χ1n) is 5.28. The van der Waals surface area contributed by atoms with E-state index in [0.29, 0.717) is 12.8 Å². The summed E-state index contributed by atoms with van der Waals surface area (Å²) in [6.07, 6.45) is 2.76. The van der Waals surface area contributed by atoms with E-state index in [-0.39, 0.29) is 23.6 Å². The molecule has 3 heteroatoms. The SMILES string of the molecule is CC1CC[C@]2(C)OC(=O)CC[C@@H]2C1=O. The molecule has 0 amide bonds. The number of fused-ring (bicyclic) bond motifs is 1. The van der Waals surface area contributed by atoms with Crippen LogP contribution in [0, 0.1) is 11.8 Å². The largest absolute Gasteiger partial charge is 0.459 e. The van der Waals surface area contributed by atoms with E-state index in [1.165, 1.54) is 0 Å². The second-order valence-electron chi connectivity index (χ2n) is 4.72. The molecule has 1 aliphatic heterocycles. The van der Waals surface area contributed by atoms with Gasteiger partial charge in [0.25, 0.3) is 0 Å². The van der Waals surface area contributed by atoms with Crippen molar-refractivity contribution in [2.24, 2.45) is 11.8 Å². The Morgan fingerprint density at radius 2 is 2.07 bits per heavy atom. The molecule has 0 N–H and O–H groups in total. The summed E-state index contributed by atoms with van der Waals surface area (Å²) in [6.45, 7) is 3.87. The average molecular weight is 196 g/mol. The van der Waals surface area contributed by atoms with Gasteiger partial charge in [-0.1, -0.05) is 6.92 Å². The van der Waals surface area contributed by atoms with Gasteiger partial charge in [0.1, 0.15) is 11.4 Å². The molecule has 1 aliphatic carbocycles. The van der Waals surface area contributed by atoms with Crippen LogP contribution < -0.4 is 0 Å². The monoisotopic (exact) mass is 196 g/mol. The van der Waals surface area contributed by atoms with Gasteiger partial charge in [0.2, 0.25) is 0 Å². The molecule has 2 rings (SSSR count). The van der Waals surface area contributed by atoms with Crippen LogP contribution in [-0.2, 0) is 14.3 Å². The molecule has 3 atom stereocenters. The van der Waals surface area contributed by atoms with Crippen LogP contribution >= 0.6 is 0 Å². The molecule has 3 nitrogen and oxygen atoms in total. The second-order valence-corrected chi connectivity index (χ2v) is 4.72. The van der Waals surface area contributed by atoms with Gasteiger partial charge in [-0.3, -0.25) is 9.59 Å². The van der Waals surface area contributed by atoms with Crippen molar-refractivity contribution in [1.29, 1.82) is 0 Å². The van der Waals surface area contributed by atoms with E-state index >= 15 is 0 Å². The molecule has 1 heterocycles. The second kappa shape index (κ2) is 3.07. The number of rotatable bonds is 0. The maximum atomic E-state index is 11.9. The predicted molar refractivity (Wildman–Crippen MR) is 50.6 cm³/mol. The number of carbonyl (C=O) groups excluding carboxylic acids is 2. The Labute approximate surface area is 83.8 Å². The van der Waals surface area contributed by atoms with E-state index in [9.17, 15) is 9.59 Å². The summed E-state index contributed by atoms with van der Waals surface area (Å²) in [7, 11) is 0. The normalized spacial score (nSPS) is 43.0. The number of ketones is 1. The fourth-order valence-electron chi connectivity index (χ4n) is 2.61. The third-order valence-corrected chi connectivity index (χ3v) is 3.62. The fraction of sp³-hybridized carbons (Fsp3) is 0.818. The van der Waals surface area contributed by atoms with Crippen molar-refractivity contribution in [2.75, 3.05) is 0 Å². The van der Waals surface area contributed by atoms with Gasteiger partial charge in [0, 0.05) is 12.3 Å². The Bertz CT molecular complexity index is 284. The van der Waals surface area contributed by atoms with E-state index < -0.39 is 5.60 Å². The van der Waals surface area contributed by atoms with Crippen LogP contribution in [0.4, 0.5) is 0 Å². The van der Waals surface area contributed by atoms with E-state index in [1.807, 2.05) is 13.8 Å². The molecule has 0 bridgehead atoms. The zero-order chi connectivity index (χ0) is 10.3. The minimum Gasteiger partial charge on any atom is -0.459 e. The molecular formula is C11H16O3. The van der Waals surface area contributed by atoms with Gasteiger partial charge in [-0.25, -0.2) is 0 Å². The summed E-state index contributed by atoms with van der Waals surface area (Å²) in [5, 5.41) is 0. The summed E-state index contributed by atoms with van der Waals surface area (Å²) in [5.74, 6) is 0.228. The Morgan fingerprint density at radius 1 is 1.36 bits per heavy atom. The maximum absolute atomic E-state index is 11.9. The minimum atomic E-state index is -0.501. The standard InChI is InChI=1S/C11H16O3/c1-7-5-6-11(2)8(10(7)13)3-4-9(12)14-11/h7-8H,3-6H2,1-2H3/t7?,8-,11+/m1/s1. The topological polar surface area (TPSA) is 43.4 Å². The van der Waals surface area contributed by atoms with Crippen LogP contribution in [0.15, 0.2) is 0 Å². The minimum absolute atomic E-state index is 0.0519. The zero-order valence-electron chi connectivity index (χ0n) is 8.71. The molecule has 14 heavy (non-hydrogen) atoms. The number of esters is 1. The number of ether oxygens (including phenoxy) is 1. The van der Waals surface area contributed by atoms with Gasteiger partial charge in [-0.05, 0) is 26.2 Å². The Morgan fingerprint density at radius 3 is 2.79 bits per heavy atom. The smallest absolute Gasteiger partial charge is 0.306 e. The highest BCUT2D eigenvalue weighted by Crippen LogP contribution is 2.42. The van der Waals surface area contributed by atoms with E-state index in [0.717, 1.165) is 12.8 Å². The average Bonchev–Trinajstić information content (AvgIpc) is 2.12. The van der Waals surface area contributed by atoms with Crippen molar-refractivity contribution in [1.82, 2.24) is 0 Å². The van der Waals surface area contributed by atoms with E-state index in [2.05, 4.69) is 0 Å². The van der Waals surface area contributed by atoms with Crippen molar-refractivity contribution in [2.45, 2.75) is 45.1 Å². The number of Topliss-reactive ketones (excluding diaryl/α,β-unsaturated/α-hetero) is 1. The molecule has 0 spiro atoms. The summed E-state index contributed by atoms with van der Waals surface area (Å²) in [4.78, 5) is 23.1. The summed E-state index contributed by atoms with van der Waals surface area (Å²) < 4.78 is 5.34. The van der Waals surface area contributed by atoms with Crippen molar-refractivity contribution in [3.63, 3.8) is 0 Å². The summed E-state index contributed by atoms with van der Waals surface area (Å²) in [6, 6.07) is 0. The third kappa shape index (κ3) is 1.35. The lowest BCUT2D eigenvalue weighted by Gasteiger charge is -2.44. The van der Waals surface area contributed by atoms with Gasteiger partial charge < -0.3 is 4.74 Å². The quantitative estimate of drug-likeness (QED) is 0.554. The molecule has 0 radical (unpaired) electrons. The zero-order valence-corrected chi connectivity index (χ0v) is 8.71. The van der Waals surface area contributed by atoms with Crippen LogP contribution in [0.3, 0.4) is 0 Å². The first kappa shape index (κ1) is 9.69. The molecule has 2 aliphatic rings. The van der Waals surface area contributed by atoms with Crippen molar-refractivity contribution in [3.05, 3.63) is 0 Å². The Balaban J connectivity index is 2.23. The highest BCUT2D eigenvalue weighted by atomic mass is 16.6. The molecule has 1 saturated heterocycles. The molecule has 2 fully saturated rings. The maximum Gasteiger partial charge on any atom is 0.306 e. The summed E-state index contributed by atoms with van der Waals surface area (Å²) in [5.41, 5.74) is -0.501. The van der Waals surface area contributed by atoms with Crippen LogP contribution in [0.1, 0.15) is 39.5 Å². The molecule has 0 aromatic heterocycles. The van der Waals surface area contributed by atoms with Crippen molar-refractivity contribution in [3.8, 4) is 0 Å². The third-order valence-electron chi connectivity index (χ3n) is 3.62. The van der Waals surface area contributed by atoms with Crippen LogP contribution in [0.5, 0.6) is 0 Å². The van der Waals surface area contributed by atoms with Crippen LogP contribution in [-0.4, -0.2) is 17.4 Å². The van der Waals surface area contributed by atoms with Crippen LogP contribution in [0.25, 0.3) is 0 Å². The van der Waals surface area contributed by atoms with E-state index in [1.54, 1.807) is 0 Å². The lowest BCUT2D eigenvalue weighted by molar-refractivity contribution is -0.182. The first-order chi connectivity index (χ1) is 6.53. The molecule has 1 unspecified atom stereocenters. The van der Waals surface area contributed by atoms with E-state index in [4.69, 9.17) is 4.74 Å². The first-order valence-corrected chi connectivity index (χ1v) is 5.28. The van der Waals surface area contributed by atoms with Gasteiger partial charge in [0.05, 0.1) is 5.92 Å². The number of hydrogen-bond donors (Lipinski definition) is 0. The van der Waals surface area contributed by atoms with Crippen molar-refractivity contribution < 1.29 is 14.3 Å². The van der Waals surface area contributed by atoms with Gasteiger partial charge in [0.15, 0.2) is 0 Å². The molecule has 0 aromatic carbocycles. The summed E-state index contributed by atoms with van der Waals surface area (Å²) >= 11 is 0. The Kier molecular flexibility index (Phi) is 2.13. The van der Waals surface area contributed by atoms with Crippen LogP contribution in [0.2, 0.25) is 0 Å². The number of carbonyl (C=O) groups is 2. The highest BCUT2D eigenvalue weighted by molar-refractivity contribution is 5.87. The number of hydrogen-bond acceptors (Lipinski definition) is 3. The molecule has 1 saturated carbocycles. The molecular weight excluding hydrogens is 180 g/mol. The highest BCUT2D eigenvalue weighted by Gasteiger charge is 2.49. The Hall–Kier alpha value is -0.860. The van der Waals surface area contributed by atoms with Gasteiger partial charge in [-0.15, -0.1) is 0 Å². The molecule has 78 valence electrons. The lowest BCUT2D eigenvalue weighted by atomic mass is 9.68. The predicted octanol–water partition coefficient (Wildman–Crippen LogP) is 1.70. The lowest BCUT2D eigenvalue weighted by Crippen LogP contribution is -2.52. The van der Waals surface area contributed by atoms with Gasteiger partial charge in [-0.2, -0.15) is 0 Å². The van der Waals surface area contributed by atoms with Crippen molar-refractivity contribution >= 4 is 11.8 Å². The van der Waals surface area contributed by atoms with Gasteiger partial charge >= 0.3 is 5.97 Å². The molecule has 0 aromatic rings.